The molecule has 2 aromatic rings. The van der Waals surface area contributed by atoms with Gasteiger partial charge in [-0.2, -0.15) is 0 Å². The maximum atomic E-state index is 12.8. The van der Waals surface area contributed by atoms with Crippen molar-refractivity contribution in [3.8, 4) is 11.5 Å². The minimum Gasteiger partial charge on any atom is -0.504 e. The Balaban J connectivity index is 1.87. The van der Waals surface area contributed by atoms with Crippen LogP contribution in [0.15, 0.2) is 51.8 Å². The van der Waals surface area contributed by atoms with E-state index in [1.54, 1.807) is 23.1 Å². The Morgan fingerprint density at radius 1 is 1.31 bits per heavy atom. The largest absolute Gasteiger partial charge is 0.504 e. The average Bonchev–Trinajstić information content (AvgIpc) is 2.88. The number of rotatable bonds is 5. The molecule has 0 atom stereocenters. The van der Waals surface area contributed by atoms with Crippen molar-refractivity contribution in [2.75, 3.05) is 6.61 Å². The molecule has 0 saturated carbocycles. The summed E-state index contributed by atoms with van der Waals surface area (Å²) in [7, 11) is 0. The molecular formula is C19H16BrNO3S2. The molecule has 4 nitrogen and oxygen atoms in total. The molecule has 1 fully saturated rings. The fourth-order valence-corrected chi connectivity index (χ4v) is 4.18. The van der Waals surface area contributed by atoms with Gasteiger partial charge in [0.2, 0.25) is 0 Å². The smallest absolute Gasteiger partial charge is 0.266 e. The van der Waals surface area contributed by atoms with E-state index in [1.807, 2.05) is 37.3 Å². The molecule has 0 aromatic heterocycles. The number of halogens is 1. The van der Waals surface area contributed by atoms with Crippen LogP contribution in [0.1, 0.15) is 18.1 Å². The summed E-state index contributed by atoms with van der Waals surface area (Å²) in [6.45, 7) is 2.73. The van der Waals surface area contributed by atoms with Gasteiger partial charge in [-0.25, -0.2) is 0 Å². The van der Waals surface area contributed by atoms with Crippen molar-refractivity contribution < 1.29 is 14.6 Å². The van der Waals surface area contributed by atoms with Crippen molar-refractivity contribution in [3.05, 3.63) is 63.0 Å². The lowest BCUT2D eigenvalue weighted by atomic mass is 10.1. The van der Waals surface area contributed by atoms with Crippen LogP contribution in [0.3, 0.4) is 0 Å². The number of nitrogens with zero attached hydrogens (tertiary/aromatic N) is 1. The van der Waals surface area contributed by atoms with E-state index in [9.17, 15) is 9.90 Å². The Hall–Kier alpha value is -1.83. The van der Waals surface area contributed by atoms with E-state index in [-0.39, 0.29) is 11.7 Å². The Bertz CT molecular complexity index is 884. The zero-order valence-corrected chi connectivity index (χ0v) is 17.2. The SMILES string of the molecule is CCOc1cc(/C=C2/SC(=S)N(Cc3ccccc3)C2=O)c(Br)cc1O. The third-order valence-corrected chi connectivity index (χ3v) is 5.79. The van der Waals surface area contributed by atoms with Gasteiger partial charge in [0.15, 0.2) is 11.5 Å². The van der Waals surface area contributed by atoms with E-state index < -0.39 is 0 Å². The highest BCUT2D eigenvalue weighted by Crippen LogP contribution is 2.38. The number of phenols is 1. The molecular weight excluding hydrogens is 434 g/mol. The molecule has 1 N–H and O–H groups in total. The first kappa shape index (κ1) is 18.9. The van der Waals surface area contributed by atoms with Crippen molar-refractivity contribution in [3.63, 3.8) is 0 Å². The number of hydrogen-bond donors (Lipinski definition) is 1. The molecule has 1 saturated heterocycles. The average molecular weight is 450 g/mol. The molecule has 3 rings (SSSR count). The van der Waals surface area contributed by atoms with E-state index in [0.717, 1.165) is 11.1 Å². The molecule has 1 heterocycles. The first-order chi connectivity index (χ1) is 12.5. The third kappa shape index (κ3) is 4.11. The minimum absolute atomic E-state index is 0.0486. The Morgan fingerprint density at radius 2 is 2.04 bits per heavy atom. The van der Waals surface area contributed by atoms with Crippen LogP contribution < -0.4 is 4.74 Å². The van der Waals surface area contributed by atoms with Gasteiger partial charge < -0.3 is 9.84 Å². The predicted molar refractivity (Wildman–Crippen MR) is 112 cm³/mol. The Kier molecular flexibility index (Phi) is 6.01. The van der Waals surface area contributed by atoms with Gasteiger partial charge in [-0.05, 0) is 36.3 Å². The highest BCUT2D eigenvalue weighted by atomic mass is 79.9. The van der Waals surface area contributed by atoms with Crippen LogP contribution in [0.4, 0.5) is 0 Å². The number of amides is 1. The lowest BCUT2D eigenvalue weighted by Gasteiger charge is -2.14. The Labute approximate surface area is 170 Å². The summed E-state index contributed by atoms with van der Waals surface area (Å²) < 4.78 is 6.62. The fraction of sp³-hybridized carbons (Fsp3) is 0.158. The second kappa shape index (κ2) is 8.24. The highest BCUT2D eigenvalue weighted by molar-refractivity contribution is 9.10. The zero-order valence-electron chi connectivity index (χ0n) is 13.9. The van der Waals surface area contributed by atoms with Crippen LogP contribution in [0.2, 0.25) is 0 Å². The summed E-state index contributed by atoms with van der Waals surface area (Å²) in [5, 5.41) is 9.93. The van der Waals surface area contributed by atoms with Crippen molar-refractivity contribution in [2.45, 2.75) is 13.5 Å². The maximum absolute atomic E-state index is 12.8. The van der Waals surface area contributed by atoms with Crippen LogP contribution in [-0.2, 0) is 11.3 Å². The number of thiocarbonyl (C=S) groups is 1. The number of hydrogen-bond acceptors (Lipinski definition) is 5. The number of carbonyl (C=O) groups is 1. The maximum Gasteiger partial charge on any atom is 0.266 e. The van der Waals surface area contributed by atoms with Crippen LogP contribution in [0.25, 0.3) is 6.08 Å². The molecule has 26 heavy (non-hydrogen) atoms. The molecule has 7 heteroatoms. The second-order valence-corrected chi connectivity index (χ2v) is 8.06. The lowest BCUT2D eigenvalue weighted by Crippen LogP contribution is -2.27. The topological polar surface area (TPSA) is 49.8 Å². The van der Waals surface area contributed by atoms with Crippen LogP contribution >= 0.6 is 39.9 Å². The Morgan fingerprint density at radius 3 is 2.73 bits per heavy atom. The van der Waals surface area contributed by atoms with Crippen LogP contribution in [-0.4, -0.2) is 26.8 Å². The summed E-state index contributed by atoms with van der Waals surface area (Å²) in [5.41, 5.74) is 1.76. The standard InChI is InChI=1S/C19H16BrNO3S2/c1-2-24-16-8-13(14(20)10-15(16)22)9-17-18(23)21(19(25)26-17)11-12-6-4-3-5-7-12/h3-10,22H,2,11H2,1H3/b17-9+. The van der Waals surface area contributed by atoms with Crippen LogP contribution in [0.5, 0.6) is 11.5 Å². The number of thioether (sulfide) groups is 1. The quantitative estimate of drug-likeness (QED) is 0.516. The summed E-state index contributed by atoms with van der Waals surface area (Å²) in [4.78, 5) is 14.9. The zero-order chi connectivity index (χ0) is 18.7. The molecule has 1 amide bonds. The molecule has 134 valence electrons. The number of ether oxygens (including phenoxy) is 1. The number of benzene rings is 2. The number of phenolic OH excluding ortho intramolecular Hbond substituents is 1. The molecule has 0 spiro atoms. The highest BCUT2D eigenvalue weighted by Gasteiger charge is 2.32. The van der Waals surface area contributed by atoms with Gasteiger partial charge in [0.05, 0.1) is 18.1 Å². The van der Waals surface area contributed by atoms with Gasteiger partial charge in [0, 0.05) is 4.47 Å². The van der Waals surface area contributed by atoms with Crippen molar-refractivity contribution in [1.82, 2.24) is 4.90 Å². The summed E-state index contributed by atoms with van der Waals surface area (Å²) in [6, 6.07) is 13.0. The lowest BCUT2D eigenvalue weighted by molar-refractivity contribution is -0.122. The summed E-state index contributed by atoms with van der Waals surface area (Å²) in [5.74, 6) is 0.302. The van der Waals surface area contributed by atoms with Crippen molar-refractivity contribution in [2.24, 2.45) is 0 Å². The molecule has 1 aliphatic rings. The molecule has 2 aromatic carbocycles. The number of carbonyl (C=O) groups excluding carboxylic acids is 1. The molecule has 0 unspecified atom stereocenters. The normalized spacial score (nSPS) is 15.8. The van der Waals surface area contributed by atoms with Crippen molar-refractivity contribution >= 4 is 56.2 Å². The van der Waals surface area contributed by atoms with Gasteiger partial charge in [0.1, 0.15) is 4.32 Å². The first-order valence-electron chi connectivity index (χ1n) is 7.94. The van der Waals surface area contributed by atoms with Crippen LogP contribution in [0, 0.1) is 0 Å². The van der Waals surface area contributed by atoms with E-state index in [1.165, 1.54) is 11.8 Å². The van der Waals surface area contributed by atoms with Gasteiger partial charge in [0.25, 0.3) is 5.91 Å². The fourth-order valence-electron chi connectivity index (χ4n) is 2.48. The predicted octanol–water partition coefficient (Wildman–Crippen LogP) is 4.95. The summed E-state index contributed by atoms with van der Waals surface area (Å²) >= 11 is 10.1. The molecule has 0 bridgehead atoms. The van der Waals surface area contributed by atoms with Gasteiger partial charge in [-0.3, -0.25) is 9.69 Å². The van der Waals surface area contributed by atoms with E-state index in [2.05, 4.69) is 15.9 Å². The summed E-state index contributed by atoms with van der Waals surface area (Å²) in [6.07, 6.45) is 1.76. The monoisotopic (exact) mass is 449 g/mol. The minimum atomic E-state index is -0.123. The van der Waals surface area contributed by atoms with Gasteiger partial charge in [-0.1, -0.05) is 70.2 Å². The number of aromatic hydroxyl groups is 1. The van der Waals surface area contributed by atoms with Gasteiger partial charge >= 0.3 is 0 Å². The second-order valence-electron chi connectivity index (χ2n) is 5.53. The molecule has 0 aliphatic carbocycles. The van der Waals surface area contributed by atoms with E-state index in [4.69, 9.17) is 17.0 Å². The first-order valence-corrected chi connectivity index (χ1v) is 9.96. The van der Waals surface area contributed by atoms with Crippen molar-refractivity contribution in [1.29, 1.82) is 0 Å². The molecule has 1 aliphatic heterocycles. The van der Waals surface area contributed by atoms with Gasteiger partial charge in [-0.15, -0.1) is 0 Å². The van der Waals surface area contributed by atoms with E-state index >= 15 is 0 Å². The third-order valence-electron chi connectivity index (χ3n) is 3.72. The van der Waals surface area contributed by atoms with E-state index in [0.29, 0.717) is 32.6 Å². The molecule has 0 radical (unpaired) electrons.